The summed E-state index contributed by atoms with van der Waals surface area (Å²) in [5, 5.41) is 14.0. The number of halogens is 3. The third kappa shape index (κ3) is 8.81. The van der Waals surface area contributed by atoms with Crippen molar-refractivity contribution in [2.45, 2.75) is 96.7 Å². The van der Waals surface area contributed by atoms with Crippen molar-refractivity contribution in [2.24, 2.45) is 28.9 Å². The molecule has 5 atom stereocenters. The summed E-state index contributed by atoms with van der Waals surface area (Å²) < 4.78 is 37.8. The molecule has 1 saturated carbocycles. The summed E-state index contributed by atoms with van der Waals surface area (Å²) in [7, 11) is 0. The van der Waals surface area contributed by atoms with Gasteiger partial charge in [0.05, 0.1) is 24.2 Å². The van der Waals surface area contributed by atoms with Crippen molar-refractivity contribution in [1.29, 1.82) is 5.26 Å². The van der Waals surface area contributed by atoms with Crippen LogP contribution in [0.1, 0.15) is 67.2 Å². The smallest absolute Gasteiger partial charge is 0.372 e. The summed E-state index contributed by atoms with van der Waals surface area (Å²) in [6, 6.07) is 1.38. The number of nitrogens with two attached hydrogens (primary N) is 1. The average Bonchev–Trinajstić information content (AvgIpc) is 3.10. The first kappa shape index (κ1) is 32.3. The van der Waals surface area contributed by atoms with Gasteiger partial charge in [-0.3, -0.25) is 19.2 Å². The molecule has 0 aromatic heterocycles. The number of likely N-dealkylation sites (tertiary alicyclic amines) is 1. The highest BCUT2D eigenvalue weighted by Gasteiger charge is 2.62. The van der Waals surface area contributed by atoms with E-state index in [0.29, 0.717) is 37.0 Å². The predicted octanol–water partition coefficient (Wildman–Crippen LogP) is 2.02. The molecule has 5 unspecified atom stereocenters. The predicted molar refractivity (Wildman–Crippen MR) is 134 cm³/mol. The van der Waals surface area contributed by atoms with Gasteiger partial charge >= 0.3 is 12.1 Å². The van der Waals surface area contributed by atoms with Gasteiger partial charge in [-0.15, -0.1) is 0 Å². The molecule has 39 heavy (non-hydrogen) atoms. The highest BCUT2D eigenvalue weighted by molar-refractivity contribution is 5.82. The molecular weight excluding hydrogens is 519 g/mol. The van der Waals surface area contributed by atoms with E-state index in [1.165, 1.54) is 0 Å². The Bertz CT molecular complexity index is 969. The largest absolute Gasteiger partial charge is 0.470 e. The second-order valence-corrected chi connectivity index (χ2v) is 12.6. The van der Waals surface area contributed by atoms with Crippen molar-refractivity contribution in [1.82, 2.24) is 15.5 Å². The van der Waals surface area contributed by atoms with Gasteiger partial charge in [0.25, 0.3) is 0 Å². The number of hydrogen-bond acceptors (Lipinski definition) is 6. The van der Waals surface area contributed by atoms with Crippen LogP contribution in [0.5, 0.6) is 0 Å². The Hall–Kier alpha value is -2.88. The zero-order chi connectivity index (χ0) is 30.0. The van der Waals surface area contributed by atoms with Crippen LogP contribution in [-0.4, -0.2) is 71.6 Å². The Morgan fingerprint density at radius 1 is 1.21 bits per heavy atom. The maximum atomic E-state index is 12.1. The molecule has 220 valence electrons. The number of ether oxygens (including phenoxy) is 1. The van der Waals surface area contributed by atoms with E-state index in [1.54, 1.807) is 0 Å². The Kier molecular flexibility index (Phi) is 9.70. The lowest BCUT2D eigenvalue weighted by Crippen LogP contribution is -2.48. The first-order valence-corrected chi connectivity index (χ1v) is 13.0. The highest BCUT2D eigenvalue weighted by atomic mass is 19.4. The summed E-state index contributed by atoms with van der Waals surface area (Å²) in [4.78, 5) is 45.0. The Labute approximate surface area is 227 Å². The number of alkyl halides is 3. The normalized spacial score (nSPS) is 29.4. The number of hydrogen-bond donors (Lipinski definition) is 3. The Balaban J connectivity index is 0.000000223. The van der Waals surface area contributed by atoms with E-state index in [2.05, 4.69) is 49.0 Å². The number of nitriles is 1. The minimum Gasteiger partial charge on any atom is -0.372 e. The molecule has 4 fully saturated rings. The second-order valence-electron chi connectivity index (χ2n) is 12.6. The second kappa shape index (κ2) is 11.7. The quantitative estimate of drug-likeness (QED) is 0.423. The fourth-order valence-corrected chi connectivity index (χ4v) is 5.67. The van der Waals surface area contributed by atoms with Crippen molar-refractivity contribution in [3.8, 4) is 6.07 Å². The van der Waals surface area contributed by atoms with Gasteiger partial charge in [-0.1, -0.05) is 13.8 Å². The van der Waals surface area contributed by atoms with Crippen LogP contribution >= 0.6 is 0 Å². The Morgan fingerprint density at radius 2 is 1.72 bits per heavy atom. The molecule has 13 heteroatoms. The van der Waals surface area contributed by atoms with Gasteiger partial charge in [-0.05, 0) is 57.8 Å². The number of carbonyl (C=O) groups excluding carboxylic acids is 4. The van der Waals surface area contributed by atoms with Crippen LogP contribution in [-0.2, 0) is 23.9 Å². The summed E-state index contributed by atoms with van der Waals surface area (Å²) in [5.74, 6) is -0.665. The van der Waals surface area contributed by atoms with E-state index in [-0.39, 0.29) is 29.1 Å². The molecule has 0 radical (unpaired) electrons. The zero-order valence-corrected chi connectivity index (χ0v) is 23.4. The molecule has 0 aromatic carbocycles. The molecule has 4 amide bonds. The molecular formula is C26H40F3N5O5. The first-order chi connectivity index (χ1) is 17.7. The molecule has 10 nitrogen and oxygen atoms in total. The number of carbonyl (C=O) groups is 4. The number of primary amides is 1. The molecule has 4 N–H and O–H groups in total. The summed E-state index contributed by atoms with van der Waals surface area (Å²) in [5.41, 5.74) is 4.09. The van der Waals surface area contributed by atoms with Crippen LogP contribution in [0, 0.1) is 34.5 Å². The number of fused-ring (bicyclic) bond motifs is 1. The molecule has 4 aliphatic rings. The average molecular weight is 560 g/mol. The van der Waals surface area contributed by atoms with E-state index >= 15 is 0 Å². The van der Waals surface area contributed by atoms with Crippen LogP contribution in [0.2, 0.25) is 0 Å². The molecule has 3 saturated heterocycles. The van der Waals surface area contributed by atoms with Crippen LogP contribution in [0.3, 0.4) is 0 Å². The maximum Gasteiger partial charge on any atom is 0.470 e. The van der Waals surface area contributed by atoms with Gasteiger partial charge in [-0.25, -0.2) is 0 Å². The third-order valence-corrected chi connectivity index (χ3v) is 7.90. The maximum absolute atomic E-state index is 12.1. The zero-order valence-electron chi connectivity index (χ0n) is 23.4. The molecule has 1 aliphatic carbocycles. The summed E-state index contributed by atoms with van der Waals surface area (Å²) >= 11 is 0. The molecule has 3 aliphatic heterocycles. The number of nitrogens with one attached hydrogen (secondary N) is 2. The van der Waals surface area contributed by atoms with Gasteiger partial charge in [0.15, 0.2) is 0 Å². The van der Waals surface area contributed by atoms with Crippen molar-refractivity contribution >= 4 is 24.1 Å². The molecule has 0 bridgehead atoms. The van der Waals surface area contributed by atoms with Gasteiger partial charge in [-0.2, -0.15) is 18.4 Å². The fraction of sp³-hybridized carbons (Fsp3) is 0.808. The van der Waals surface area contributed by atoms with E-state index in [9.17, 15) is 27.6 Å². The fourth-order valence-electron chi connectivity index (χ4n) is 5.67. The molecule has 0 spiro atoms. The number of nitrogens with zero attached hydrogens (tertiary/aromatic N) is 2. The van der Waals surface area contributed by atoms with Crippen molar-refractivity contribution < 1.29 is 37.1 Å². The van der Waals surface area contributed by atoms with Crippen molar-refractivity contribution in [2.75, 3.05) is 13.1 Å². The Morgan fingerprint density at radius 3 is 2.08 bits per heavy atom. The minimum atomic E-state index is -4.86. The van der Waals surface area contributed by atoms with Crippen LogP contribution in [0.4, 0.5) is 13.2 Å². The lowest BCUT2D eigenvalue weighted by Gasteiger charge is -2.43. The van der Waals surface area contributed by atoms with Gasteiger partial charge in [0.2, 0.25) is 18.2 Å². The molecule has 0 aromatic rings. The van der Waals surface area contributed by atoms with Gasteiger partial charge < -0.3 is 26.0 Å². The first-order valence-electron chi connectivity index (χ1n) is 13.0. The highest BCUT2D eigenvalue weighted by Crippen LogP contribution is 2.62. The van der Waals surface area contributed by atoms with E-state index < -0.39 is 18.1 Å². The minimum absolute atomic E-state index is 0.0000853. The lowest BCUT2D eigenvalue weighted by atomic mass is 9.91. The van der Waals surface area contributed by atoms with Crippen LogP contribution in [0.15, 0.2) is 0 Å². The van der Waals surface area contributed by atoms with Crippen molar-refractivity contribution in [3.63, 3.8) is 0 Å². The molecule has 4 rings (SSSR count). The summed E-state index contributed by atoms with van der Waals surface area (Å²) in [6.45, 7) is 14.7. The number of amides is 4. The molecule has 3 heterocycles. The standard InChI is InChI=1S/C14H23NO2.C10H15N3O2.C2H2F3NO/c1-13(2)6-9(17-13)5-12(16)15-7-10-11(8-15)14(10,3)4;1-10(2)4-7(9(15)13-10)3-8(5-11)12-6-14;3-2(4,5)1(6)7/h9-11H,5-8H2,1-4H3;6-8H,3-4H2,1-2H3,(H,12,14)(H,13,15);(H2,6,7). The van der Waals surface area contributed by atoms with Crippen molar-refractivity contribution in [3.05, 3.63) is 0 Å². The number of piperidine rings is 1. The monoisotopic (exact) mass is 559 g/mol. The topological polar surface area (TPSA) is 155 Å². The van der Waals surface area contributed by atoms with Crippen LogP contribution < -0.4 is 16.4 Å². The summed E-state index contributed by atoms with van der Waals surface area (Å²) in [6.07, 6.45) is -1.52. The lowest BCUT2D eigenvalue weighted by molar-refractivity contribution is -0.190. The van der Waals surface area contributed by atoms with Gasteiger partial charge in [0.1, 0.15) is 6.04 Å². The number of rotatable bonds is 6. The van der Waals surface area contributed by atoms with E-state index in [1.807, 2.05) is 19.9 Å². The van der Waals surface area contributed by atoms with E-state index in [0.717, 1.165) is 31.3 Å². The van der Waals surface area contributed by atoms with Gasteiger partial charge in [0, 0.05) is 31.0 Å². The van der Waals surface area contributed by atoms with E-state index in [4.69, 9.17) is 14.8 Å². The third-order valence-electron chi connectivity index (χ3n) is 7.90. The van der Waals surface area contributed by atoms with Crippen LogP contribution in [0.25, 0.3) is 0 Å². The SMILES string of the molecule is CC1(C)CC(CC(=O)N2CC3C(C2)C3(C)C)O1.CC1(C)CC(CC(C#N)NC=O)C(=O)N1.NC(=O)C(F)(F)F.